The van der Waals surface area contributed by atoms with Gasteiger partial charge < -0.3 is 15.4 Å². The van der Waals surface area contributed by atoms with Crippen molar-refractivity contribution in [1.29, 1.82) is 0 Å². The molecule has 24 heavy (non-hydrogen) atoms. The van der Waals surface area contributed by atoms with Crippen molar-refractivity contribution in [3.63, 3.8) is 0 Å². The summed E-state index contributed by atoms with van der Waals surface area (Å²) in [7, 11) is 0. The van der Waals surface area contributed by atoms with Crippen LogP contribution >= 0.6 is 15.9 Å². The van der Waals surface area contributed by atoms with Gasteiger partial charge in [0, 0.05) is 17.8 Å². The summed E-state index contributed by atoms with van der Waals surface area (Å²) < 4.78 is 5.14. The number of alkyl halides is 1. The first-order valence-electron chi connectivity index (χ1n) is 7.27. The van der Waals surface area contributed by atoms with Gasteiger partial charge in [0.05, 0.1) is 4.92 Å². The highest BCUT2D eigenvalue weighted by Gasteiger charge is 2.33. The minimum absolute atomic E-state index is 0.155. The van der Waals surface area contributed by atoms with E-state index in [2.05, 4.69) is 26.6 Å². The number of hydrogen-bond acceptors (Lipinski definition) is 5. The number of fused-ring (bicyclic) bond motifs is 1. The molecule has 130 valence electrons. The highest BCUT2D eigenvalue weighted by Crippen LogP contribution is 2.34. The maximum atomic E-state index is 12.2. The van der Waals surface area contributed by atoms with Crippen LogP contribution in [0, 0.1) is 10.1 Å². The summed E-state index contributed by atoms with van der Waals surface area (Å²) in [6.07, 6.45) is -0.556. The largest absolute Gasteiger partial charge is 0.444 e. The van der Waals surface area contributed by atoms with Crippen molar-refractivity contribution < 1.29 is 19.2 Å². The molecule has 1 atom stereocenters. The summed E-state index contributed by atoms with van der Waals surface area (Å²) in [4.78, 5) is 34.7. The number of carbonyl (C=O) groups is 2. The summed E-state index contributed by atoms with van der Waals surface area (Å²) in [5.41, 5.74) is 0.643. The number of anilines is 1. The topological polar surface area (TPSA) is 111 Å². The van der Waals surface area contributed by atoms with Gasteiger partial charge in [-0.15, -0.1) is 0 Å². The van der Waals surface area contributed by atoms with Gasteiger partial charge in [-0.1, -0.05) is 22.0 Å². The molecule has 0 fully saturated rings. The Labute approximate surface area is 147 Å². The fraction of sp³-hybridized carbons (Fsp3) is 0.467. The van der Waals surface area contributed by atoms with Gasteiger partial charge in [-0.25, -0.2) is 4.79 Å². The van der Waals surface area contributed by atoms with E-state index in [1.54, 1.807) is 26.8 Å². The number of alkyl carbamates (subject to hydrolysis) is 1. The van der Waals surface area contributed by atoms with Crippen molar-refractivity contribution in [2.75, 3.05) is 5.32 Å². The first-order chi connectivity index (χ1) is 11.1. The minimum Gasteiger partial charge on any atom is -0.444 e. The molecule has 0 saturated carbocycles. The zero-order chi connectivity index (χ0) is 18.1. The molecule has 1 unspecified atom stereocenters. The highest BCUT2D eigenvalue weighted by atomic mass is 79.9. The number of nitro groups is 1. The molecule has 0 radical (unpaired) electrons. The molecule has 9 heteroatoms. The van der Waals surface area contributed by atoms with Gasteiger partial charge in [0.25, 0.3) is 5.69 Å². The fourth-order valence-electron chi connectivity index (χ4n) is 2.37. The van der Waals surface area contributed by atoms with E-state index >= 15 is 0 Å². The van der Waals surface area contributed by atoms with Crippen LogP contribution in [0.15, 0.2) is 12.1 Å². The van der Waals surface area contributed by atoms with E-state index in [0.717, 1.165) is 0 Å². The number of rotatable bonds is 3. The van der Waals surface area contributed by atoms with E-state index in [9.17, 15) is 19.7 Å². The van der Waals surface area contributed by atoms with Crippen molar-refractivity contribution in [1.82, 2.24) is 5.32 Å². The van der Waals surface area contributed by atoms with Crippen LogP contribution in [-0.4, -0.2) is 28.6 Å². The number of amides is 2. The molecule has 2 N–H and O–H groups in total. The Kier molecular flexibility index (Phi) is 5.12. The zero-order valence-corrected chi connectivity index (χ0v) is 15.1. The molecule has 1 aliphatic heterocycles. The number of nitrogens with zero attached hydrogens (tertiary/aromatic N) is 1. The second-order valence-corrected chi connectivity index (χ2v) is 6.99. The number of carbonyl (C=O) groups excluding carboxylic acids is 2. The lowest BCUT2D eigenvalue weighted by Crippen LogP contribution is -2.49. The van der Waals surface area contributed by atoms with Crippen molar-refractivity contribution in [3.8, 4) is 0 Å². The summed E-state index contributed by atoms with van der Waals surface area (Å²) >= 11 is 3.27. The molecule has 0 spiro atoms. The number of ether oxygens (including phenoxy) is 1. The predicted molar refractivity (Wildman–Crippen MR) is 91.2 cm³/mol. The van der Waals surface area contributed by atoms with Crippen molar-refractivity contribution >= 4 is 39.3 Å². The van der Waals surface area contributed by atoms with Gasteiger partial charge in [-0.2, -0.15) is 0 Å². The third-order valence-electron chi connectivity index (χ3n) is 3.29. The number of halogens is 1. The van der Waals surface area contributed by atoms with E-state index in [1.165, 1.54) is 6.07 Å². The van der Waals surface area contributed by atoms with Crippen LogP contribution in [0.25, 0.3) is 0 Å². The molecule has 0 aromatic heterocycles. The van der Waals surface area contributed by atoms with E-state index in [4.69, 9.17) is 4.74 Å². The van der Waals surface area contributed by atoms with Gasteiger partial charge in [-0.05, 0) is 31.9 Å². The van der Waals surface area contributed by atoms with Crippen LogP contribution in [0.4, 0.5) is 16.2 Å². The molecule has 1 aliphatic rings. The van der Waals surface area contributed by atoms with Crippen molar-refractivity contribution in [3.05, 3.63) is 33.4 Å². The third-order valence-corrected chi connectivity index (χ3v) is 3.94. The molecule has 1 aromatic rings. The van der Waals surface area contributed by atoms with Crippen molar-refractivity contribution in [2.45, 2.75) is 44.2 Å². The Morgan fingerprint density at radius 3 is 2.71 bits per heavy atom. The van der Waals surface area contributed by atoms with Gasteiger partial charge in [0.15, 0.2) is 0 Å². The summed E-state index contributed by atoms with van der Waals surface area (Å²) in [6, 6.07) is 2.33. The molecule has 0 aliphatic carbocycles. The smallest absolute Gasteiger partial charge is 0.408 e. The molecule has 2 rings (SSSR count). The molecule has 1 heterocycles. The Balaban J connectivity index is 2.26. The Bertz CT molecular complexity index is 699. The predicted octanol–water partition coefficient (Wildman–Crippen LogP) is 2.88. The first kappa shape index (κ1) is 18.2. The van der Waals surface area contributed by atoms with E-state index < -0.39 is 28.6 Å². The Morgan fingerprint density at radius 1 is 1.50 bits per heavy atom. The maximum Gasteiger partial charge on any atom is 0.408 e. The lowest BCUT2D eigenvalue weighted by molar-refractivity contribution is -0.384. The maximum absolute atomic E-state index is 12.2. The normalized spacial score (nSPS) is 16.8. The van der Waals surface area contributed by atoms with Crippen LogP contribution in [0.2, 0.25) is 0 Å². The zero-order valence-electron chi connectivity index (χ0n) is 13.5. The minimum atomic E-state index is -0.850. The average Bonchev–Trinajstić information content (AvgIpc) is 2.44. The average molecular weight is 400 g/mol. The standard InChI is InChI=1S/C15H18BrN3O5/c1-15(2,3)24-14(21)17-10-6-9-4-8(7-16)5-11(19(22)23)12(9)18-13(10)20/h4-5,10H,6-7H2,1-3H3,(H,17,21)(H,18,20). The summed E-state index contributed by atoms with van der Waals surface area (Å²) in [5, 5.41) is 16.7. The second kappa shape index (κ2) is 6.76. The van der Waals surface area contributed by atoms with E-state index in [1.807, 2.05) is 0 Å². The number of nitrogens with one attached hydrogen (secondary N) is 2. The van der Waals surface area contributed by atoms with Gasteiger partial charge in [0.2, 0.25) is 5.91 Å². The molecule has 0 bridgehead atoms. The van der Waals surface area contributed by atoms with Crippen LogP contribution in [0.3, 0.4) is 0 Å². The van der Waals surface area contributed by atoms with Gasteiger partial charge >= 0.3 is 6.09 Å². The molecule has 0 saturated heterocycles. The van der Waals surface area contributed by atoms with Crippen LogP contribution < -0.4 is 10.6 Å². The molecule has 8 nitrogen and oxygen atoms in total. The Morgan fingerprint density at radius 2 is 2.17 bits per heavy atom. The van der Waals surface area contributed by atoms with E-state index in [0.29, 0.717) is 16.5 Å². The number of hydrogen-bond donors (Lipinski definition) is 2. The molecule has 1 aromatic carbocycles. The molecule has 2 amide bonds. The first-order valence-corrected chi connectivity index (χ1v) is 8.39. The summed E-state index contributed by atoms with van der Waals surface area (Å²) in [5.74, 6) is -0.511. The fourth-order valence-corrected chi connectivity index (χ4v) is 2.69. The SMILES string of the molecule is CC(C)(C)OC(=O)NC1Cc2cc(CBr)cc([N+](=O)[O-])c2NC1=O. The second-order valence-electron chi connectivity index (χ2n) is 6.43. The van der Waals surface area contributed by atoms with Crippen LogP contribution in [0.1, 0.15) is 31.9 Å². The number of benzene rings is 1. The van der Waals surface area contributed by atoms with Crippen LogP contribution in [-0.2, 0) is 21.3 Å². The van der Waals surface area contributed by atoms with Gasteiger partial charge in [-0.3, -0.25) is 14.9 Å². The number of nitro benzene ring substituents is 1. The highest BCUT2D eigenvalue weighted by molar-refractivity contribution is 9.08. The summed E-state index contributed by atoms with van der Waals surface area (Å²) in [6.45, 7) is 5.15. The Hall–Kier alpha value is -2.16. The van der Waals surface area contributed by atoms with E-state index in [-0.39, 0.29) is 17.8 Å². The van der Waals surface area contributed by atoms with Gasteiger partial charge in [0.1, 0.15) is 17.3 Å². The third kappa shape index (κ3) is 4.22. The molecular formula is C15H18BrN3O5. The monoisotopic (exact) mass is 399 g/mol. The lowest BCUT2D eigenvalue weighted by Gasteiger charge is -2.27. The quantitative estimate of drug-likeness (QED) is 0.461. The lowest BCUT2D eigenvalue weighted by atomic mass is 9.96. The van der Waals surface area contributed by atoms with Crippen LogP contribution in [0.5, 0.6) is 0 Å². The van der Waals surface area contributed by atoms with Crippen molar-refractivity contribution in [2.24, 2.45) is 0 Å². The molecular weight excluding hydrogens is 382 g/mol.